The number of carbonyl (C=O) groups is 1. The number of rotatable bonds is 3. The number of aromatic nitrogens is 2. The second-order valence-electron chi connectivity index (χ2n) is 4.36. The van der Waals surface area contributed by atoms with Crippen molar-refractivity contribution in [2.24, 2.45) is 0 Å². The number of hydrogen-bond donors (Lipinski definition) is 1. The molecule has 6 nitrogen and oxygen atoms in total. The predicted molar refractivity (Wildman–Crippen MR) is 63.0 cm³/mol. The molecule has 2 heterocycles. The molecule has 17 heavy (non-hydrogen) atoms. The minimum absolute atomic E-state index is 0.0484. The highest BCUT2D eigenvalue weighted by molar-refractivity contribution is 5.73. The van der Waals surface area contributed by atoms with Gasteiger partial charge in [0.15, 0.2) is 0 Å². The number of aliphatic carboxylic acids is 1. The van der Waals surface area contributed by atoms with E-state index >= 15 is 0 Å². The summed E-state index contributed by atoms with van der Waals surface area (Å²) < 4.78 is 0. The Morgan fingerprint density at radius 2 is 2.35 bits per heavy atom. The molecule has 0 amide bonds. The minimum Gasteiger partial charge on any atom is -0.480 e. The lowest BCUT2D eigenvalue weighted by Gasteiger charge is -2.28. The van der Waals surface area contributed by atoms with Gasteiger partial charge in [0, 0.05) is 32.1 Å². The zero-order valence-electron chi connectivity index (χ0n) is 10.1. The average Bonchev–Trinajstić information content (AvgIpc) is 2.27. The predicted octanol–water partition coefficient (Wildman–Crippen LogP) is -0.0147. The van der Waals surface area contributed by atoms with Crippen molar-refractivity contribution in [2.75, 3.05) is 32.1 Å². The van der Waals surface area contributed by atoms with Crippen LogP contribution in [0.25, 0.3) is 0 Å². The van der Waals surface area contributed by atoms with Crippen LogP contribution < -0.4 is 4.90 Å². The van der Waals surface area contributed by atoms with Gasteiger partial charge in [0.1, 0.15) is 18.7 Å². The molecule has 0 saturated heterocycles. The van der Waals surface area contributed by atoms with Crippen LogP contribution in [0, 0.1) is 0 Å². The molecule has 0 bridgehead atoms. The van der Waals surface area contributed by atoms with Crippen molar-refractivity contribution in [3.05, 3.63) is 17.6 Å². The summed E-state index contributed by atoms with van der Waals surface area (Å²) in [6.07, 6.45) is 2.40. The van der Waals surface area contributed by atoms with E-state index < -0.39 is 5.97 Å². The molecule has 0 fully saturated rings. The van der Waals surface area contributed by atoms with Crippen LogP contribution in [0.4, 0.5) is 5.82 Å². The highest BCUT2D eigenvalue weighted by Gasteiger charge is 2.21. The summed E-state index contributed by atoms with van der Waals surface area (Å²) in [5.74, 6) is -0.132. The van der Waals surface area contributed by atoms with Gasteiger partial charge in [-0.05, 0) is 7.05 Å². The number of carboxylic acid groups (broad SMARTS) is 1. The Labute approximate surface area is 99.9 Å². The summed E-state index contributed by atoms with van der Waals surface area (Å²) in [6.45, 7) is 1.70. The van der Waals surface area contributed by atoms with E-state index in [1.807, 2.05) is 7.05 Å². The number of nitrogens with zero attached hydrogens (tertiary/aromatic N) is 4. The summed E-state index contributed by atoms with van der Waals surface area (Å²) >= 11 is 0. The molecule has 1 aliphatic rings. The van der Waals surface area contributed by atoms with Gasteiger partial charge in [0.2, 0.25) is 0 Å². The molecular formula is C11H16N4O2. The van der Waals surface area contributed by atoms with Crippen LogP contribution in [0.2, 0.25) is 0 Å². The van der Waals surface area contributed by atoms with E-state index in [0.717, 1.165) is 36.6 Å². The van der Waals surface area contributed by atoms with Crippen molar-refractivity contribution in [1.82, 2.24) is 14.9 Å². The van der Waals surface area contributed by atoms with Gasteiger partial charge >= 0.3 is 5.97 Å². The topological polar surface area (TPSA) is 69.6 Å². The Kier molecular flexibility index (Phi) is 3.23. The van der Waals surface area contributed by atoms with Crippen molar-refractivity contribution in [2.45, 2.75) is 13.0 Å². The minimum atomic E-state index is -0.857. The van der Waals surface area contributed by atoms with Gasteiger partial charge in [-0.15, -0.1) is 0 Å². The molecule has 1 aliphatic heterocycles. The van der Waals surface area contributed by atoms with Crippen LogP contribution >= 0.6 is 0 Å². The first-order valence-corrected chi connectivity index (χ1v) is 5.52. The van der Waals surface area contributed by atoms with E-state index in [4.69, 9.17) is 5.11 Å². The Hall–Kier alpha value is -1.69. The van der Waals surface area contributed by atoms with Crippen LogP contribution in [-0.2, 0) is 17.8 Å². The number of hydrogen-bond acceptors (Lipinski definition) is 5. The Morgan fingerprint density at radius 1 is 1.59 bits per heavy atom. The quantitative estimate of drug-likeness (QED) is 0.795. The number of likely N-dealkylation sites (N-methyl/N-ethyl adjacent to an activating group) is 2. The first-order valence-electron chi connectivity index (χ1n) is 5.52. The maximum atomic E-state index is 10.7. The third-order valence-electron chi connectivity index (χ3n) is 2.90. The summed E-state index contributed by atoms with van der Waals surface area (Å²) in [5.41, 5.74) is 2.08. The molecule has 6 heteroatoms. The molecule has 92 valence electrons. The van der Waals surface area contributed by atoms with Crippen LogP contribution in [0.3, 0.4) is 0 Å². The molecule has 2 rings (SSSR count). The van der Waals surface area contributed by atoms with Gasteiger partial charge in [-0.25, -0.2) is 9.97 Å². The normalized spacial score (nSPS) is 15.4. The van der Waals surface area contributed by atoms with Crippen molar-refractivity contribution in [3.8, 4) is 0 Å². The van der Waals surface area contributed by atoms with Crippen molar-refractivity contribution in [3.63, 3.8) is 0 Å². The maximum absolute atomic E-state index is 10.7. The first-order chi connectivity index (χ1) is 8.08. The van der Waals surface area contributed by atoms with E-state index in [0.29, 0.717) is 0 Å². The molecule has 0 saturated carbocycles. The van der Waals surface area contributed by atoms with E-state index in [1.54, 1.807) is 11.9 Å². The van der Waals surface area contributed by atoms with Crippen LogP contribution in [-0.4, -0.2) is 53.1 Å². The highest BCUT2D eigenvalue weighted by atomic mass is 16.4. The molecule has 1 aromatic rings. The Balaban J connectivity index is 2.31. The smallest absolute Gasteiger partial charge is 0.323 e. The second kappa shape index (κ2) is 4.67. The molecule has 0 atom stereocenters. The highest BCUT2D eigenvalue weighted by Crippen LogP contribution is 2.23. The van der Waals surface area contributed by atoms with E-state index in [-0.39, 0.29) is 6.54 Å². The SMILES string of the molecule is CN1CCc2ncnc(N(C)CC(=O)O)c2C1. The molecule has 0 radical (unpaired) electrons. The molecule has 0 aliphatic carbocycles. The van der Waals surface area contributed by atoms with Crippen molar-refractivity contribution in [1.29, 1.82) is 0 Å². The van der Waals surface area contributed by atoms with Crippen LogP contribution in [0.1, 0.15) is 11.3 Å². The summed E-state index contributed by atoms with van der Waals surface area (Å²) in [7, 11) is 3.78. The second-order valence-corrected chi connectivity index (χ2v) is 4.36. The van der Waals surface area contributed by atoms with Gasteiger partial charge in [0.05, 0.1) is 5.69 Å². The average molecular weight is 236 g/mol. The zero-order chi connectivity index (χ0) is 12.4. The molecule has 0 unspecified atom stereocenters. The fourth-order valence-electron chi connectivity index (χ4n) is 2.07. The van der Waals surface area contributed by atoms with Gasteiger partial charge in [-0.3, -0.25) is 4.79 Å². The number of anilines is 1. The maximum Gasteiger partial charge on any atom is 0.323 e. The Morgan fingerprint density at radius 3 is 3.06 bits per heavy atom. The van der Waals surface area contributed by atoms with Gasteiger partial charge in [0.25, 0.3) is 0 Å². The summed E-state index contributed by atoms with van der Waals surface area (Å²) in [4.78, 5) is 23.0. The zero-order valence-corrected chi connectivity index (χ0v) is 10.1. The molecular weight excluding hydrogens is 220 g/mol. The summed E-state index contributed by atoms with van der Waals surface area (Å²) in [5, 5.41) is 8.81. The third kappa shape index (κ3) is 2.52. The van der Waals surface area contributed by atoms with Crippen LogP contribution in [0.5, 0.6) is 0 Å². The van der Waals surface area contributed by atoms with Gasteiger partial charge < -0.3 is 14.9 Å². The fraction of sp³-hybridized carbons (Fsp3) is 0.545. The number of carboxylic acids is 1. The van der Waals surface area contributed by atoms with Gasteiger partial charge in [-0.1, -0.05) is 0 Å². The number of fused-ring (bicyclic) bond motifs is 1. The van der Waals surface area contributed by atoms with E-state index in [9.17, 15) is 4.79 Å². The lowest BCUT2D eigenvalue weighted by molar-refractivity contribution is -0.135. The summed E-state index contributed by atoms with van der Waals surface area (Å²) in [6, 6.07) is 0. The van der Waals surface area contributed by atoms with Crippen molar-refractivity contribution < 1.29 is 9.90 Å². The van der Waals surface area contributed by atoms with E-state index in [2.05, 4.69) is 14.9 Å². The molecule has 0 spiro atoms. The van der Waals surface area contributed by atoms with E-state index in [1.165, 1.54) is 6.33 Å². The standard InChI is InChI=1S/C11H16N4O2/c1-14-4-3-9-8(5-14)11(13-7-12-9)15(2)6-10(16)17/h7H,3-6H2,1-2H3,(H,16,17). The third-order valence-corrected chi connectivity index (χ3v) is 2.90. The van der Waals surface area contributed by atoms with Crippen LogP contribution in [0.15, 0.2) is 6.33 Å². The largest absolute Gasteiger partial charge is 0.480 e. The molecule has 0 aromatic carbocycles. The first kappa shape index (κ1) is 11.8. The Bertz CT molecular complexity index is 435. The van der Waals surface area contributed by atoms with Crippen molar-refractivity contribution >= 4 is 11.8 Å². The van der Waals surface area contributed by atoms with Gasteiger partial charge in [-0.2, -0.15) is 0 Å². The lowest BCUT2D eigenvalue weighted by Crippen LogP contribution is -2.32. The molecule has 1 N–H and O–H groups in total. The molecule has 1 aromatic heterocycles. The fourth-order valence-corrected chi connectivity index (χ4v) is 2.07. The lowest BCUT2D eigenvalue weighted by atomic mass is 10.1. The monoisotopic (exact) mass is 236 g/mol.